The lowest BCUT2D eigenvalue weighted by Gasteiger charge is -2.29. The summed E-state index contributed by atoms with van der Waals surface area (Å²) in [5.41, 5.74) is 2.27. The molecule has 0 saturated heterocycles. The maximum atomic E-state index is 13.7. The molecule has 122 valence electrons. The molecule has 0 atom stereocenters. The molecule has 0 unspecified atom stereocenters. The van der Waals surface area contributed by atoms with Crippen LogP contribution in [0.5, 0.6) is 0 Å². The number of urea groups is 1. The summed E-state index contributed by atoms with van der Waals surface area (Å²) in [7, 11) is 0. The number of anilines is 1. The highest BCUT2D eigenvalue weighted by Crippen LogP contribution is 2.26. The zero-order chi connectivity index (χ0) is 16.7. The highest BCUT2D eigenvalue weighted by atomic mass is 19.1. The van der Waals surface area contributed by atoms with Gasteiger partial charge in [-0.3, -0.25) is 5.10 Å². The van der Waals surface area contributed by atoms with Crippen LogP contribution in [0, 0.1) is 11.6 Å². The molecule has 2 N–H and O–H groups in total. The van der Waals surface area contributed by atoms with Gasteiger partial charge < -0.3 is 10.2 Å². The van der Waals surface area contributed by atoms with E-state index in [0.717, 1.165) is 28.6 Å². The van der Waals surface area contributed by atoms with E-state index < -0.39 is 23.4 Å². The van der Waals surface area contributed by atoms with Gasteiger partial charge in [-0.2, -0.15) is 5.10 Å². The van der Waals surface area contributed by atoms with Gasteiger partial charge in [-0.1, -0.05) is 6.07 Å². The van der Waals surface area contributed by atoms with E-state index in [0.29, 0.717) is 25.2 Å². The normalized spacial score (nSPS) is 13.8. The number of halogens is 2. The largest absolute Gasteiger partial charge is 0.322 e. The number of nitrogens with one attached hydrogen (secondary N) is 2. The lowest BCUT2D eigenvalue weighted by molar-refractivity contribution is 0.206. The number of aromatic nitrogens is 3. The van der Waals surface area contributed by atoms with Crippen LogP contribution in [0.25, 0.3) is 11.0 Å². The van der Waals surface area contributed by atoms with Gasteiger partial charge in [0, 0.05) is 24.7 Å². The molecule has 0 aliphatic carbocycles. The second-order valence-corrected chi connectivity index (χ2v) is 5.59. The zero-order valence-corrected chi connectivity index (χ0v) is 12.5. The predicted molar refractivity (Wildman–Crippen MR) is 83.4 cm³/mol. The van der Waals surface area contributed by atoms with Crippen molar-refractivity contribution in [3.63, 3.8) is 0 Å². The Hall–Kier alpha value is -3.03. The molecule has 2 aromatic heterocycles. The van der Waals surface area contributed by atoms with Gasteiger partial charge >= 0.3 is 6.03 Å². The first-order valence-electron chi connectivity index (χ1n) is 7.43. The van der Waals surface area contributed by atoms with E-state index >= 15 is 0 Å². The van der Waals surface area contributed by atoms with Crippen molar-refractivity contribution in [2.45, 2.75) is 13.0 Å². The lowest BCUT2D eigenvalue weighted by Crippen LogP contribution is -2.39. The van der Waals surface area contributed by atoms with Gasteiger partial charge in [0.1, 0.15) is 17.3 Å². The SMILES string of the molecule is O=C(Nc1c(F)cccc1F)N1CCc2c(cnc3[nH]ncc23)C1. The first kappa shape index (κ1) is 14.6. The Balaban J connectivity index is 1.57. The number of rotatable bonds is 1. The minimum absolute atomic E-state index is 0.325. The number of amides is 2. The van der Waals surface area contributed by atoms with Crippen molar-refractivity contribution in [2.75, 3.05) is 11.9 Å². The molecule has 8 heteroatoms. The molecule has 2 amide bonds. The molecule has 4 rings (SSSR count). The van der Waals surface area contributed by atoms with Gasteiger partial charge in [0.15, 0.2) is 5.65 Å². The first-order valence-corrected chi connectivity index (χ1v) is 7.43. The summed E-state index contributed by atoms with van der Waals surface area (Å²) in [6.45, 7) is 0.768. The number of H-pyrrole nitrogens is 1. The van der Waals surface area contributed by atoms with Crippen molar-refractivity contribution in [2.24, 2.45) is 0 Å². The number of carbonyl (C=O) groups excluding carboxylic acids is 1. The van der Waals surface area contributed by atoms with Crippen molar-refractivity contribution < 1.29 is 13.6 Å². The molecule has 3 heterocycles. The van der Waals surface area contributed by atoms with Gasteiger partial charge in [0.05, 0.1) is 6.20 Å². The van der Waals surface area contributed by atoms with E-state index in [1.807, 2.05) is 0 Å². The van der Waals surface area contributed by atoms with Crippen LogP contribution >= 0.6 is 0 Å². The number of para-hydroxylation sites is 1. The summed E-state index contributed by atoms with van der Waals surface area (Å²) in [6, 6.07) is 2.91. The van der Waals surface area contributed by atoms with Crippen LogP contribution in [0.3, 0.4) is 0 Å². The maximum Gasteiger partial charge on any atom is 0.322 e. The van der Waals surface area contributed by atoms with Crippen molar-refractivity contribution >= 4 is 22.8 Å². The molecule has 1 aliphatic heterocycles. The maximum absolute atomic E-state index is 13.7. The van der Waals surface area contributed by atoms with Crippen LogP contribution in [-0.4, -0.2) is 32.7 Å². The van der Waals surface area contributed by atoms with Crippen LogP contribution in [0.2, 0.25) is 0 Å². The first-order chi connectivity index (χ1) is 11.6. The molecule has 1 aliphatic rings. The fraction of sp³-hybridized carbons (Fsp3) is 0.188. The Kier molecular flexibility index (Phi) is 3.37. The molecule has 24 heavy (non-hydrogen) atoms. The smallest absolute Gasteiger partial charge is 0.320 e. The van der Waals surface area contributed by atoms with E-state index in [1.165, 1.54) is 11.0 Å². The van der Waals surface area contributed by atoms with Gasteiger partial charge in [-0.15, -0.1) is 0 Å². The summed E-state index contributed by atoms with van der Waals surface area (Å²) < 4.78 is 27.3. The fourth-order valence-electron chi connectivity index (χ4n) is 2.93. The van der Waals surface area contributed by atoms with E-state index in [9.17, 15) is 13.6 Å². The minimum Gasteiger partial charge on any atom is -0.320 e. The topological polar surface area (TPSA) is 73.9 Å². The molecule has 3 aromatic rings. The molecule has 0 radical (unpaired) electrons. The average Bonchev–Trinajstić information content (AvgIpc) is 3.06. The number of hydrogen-bond acceptors (Lipinski definition) is 3. The number of pyridine rings is 1. The van der Waals surface area contributed by atoms with Crippen molar-refractivity contribution in [3.05, 3.63) is 53.4 Å². The number of hydrogen-bond donors (Lipinski definition) is 2. The van der Waals surface area contributed by atoms with E-state index in [1.54, 1.807) is 12.4 Å². The number of nitrogens with zero attached hydrogens (tertiary/aromatic N) is 3. The van der Waals surface area contributed by atoms with E-state index in [2.05, 4.69) is 20.5 Å². The summed E-state index contributed by atoms with van der Waals surface area (Å²) in [4.78, 5) is 18.1. The second-order valence-electron chi connectivity index (χ2n) is 5.59. The molecular formula is C16H13F2N5O. The highest BCUT2D eigenvalue weighted by molar-refractivity contribution is 5.90. The van der Waals surface area contributed by atoms with Gasteiger partial charge in [-0.25, -0.2) is 18.6 Å². The van der Waals surface area contributed by atoms with E-state index in [4.69, 9.17) is 0 Å². The van der Waals surface area contributed by atoms with Gasteiger partial charge in [0.25, 0.3) is 0 Å². The van der Waals surface area contributed by atoms with Crippen LogP contribution in [0.4, 0.5) is 19.3 Å². The van der Waals surface area contributed by atoms with Crippen molar-refractivity contribution in [1.29, 1.82) is 0 Å². The molecule has 0 fully saturated rings. The van der Waals surface area contributed by atoms with Crippen LogP contribution in [0.15, 0.2) is 30.6 Å². The fourth-order valence-corrected chi connectivity index (χ4v) is 2.93. The van der Waals surface area contributed by atoms with Gasteiger partial charge in [-0.05, 0) is 29.7 Å². The Morgan fingerprint density at radius 1 is 1.25 bits per heavy atom. The van der Waals surface area contributed by atoms with Gasteiger partial charge in [0.2, 0.25) is 0 Å². The molecule has 1 aromatic carbocycles. The Morgan fingerprint density at radius 3 is 2.83 bits per heavy atom. The van der Waals surface area contributed by atoms with Crippen molar-refractivity contribution in [3.8, 4) is 0 Å². The quantitative estimate of drug-likeness (QED) is 0.721. The Labute approximate surface area is 135 Å². The molecular weight excluding hydrogens is 316 g/mol. The lowest BCUT2D eigenvalue weighted by atomic mass is 9.99. The Bertz CT molecular complexity index is 919. The zero-order valence-electron chi connectivity index (χ0n) is 12.5. The third-order valence-corrected chi connectivity index (χ3v) is 4.16. The monoisotopic (exact) mass is 329 g/mol. The van der Waals surface area contributed by atoms with Crippen molar-refractivity contribution in [1.82, 2.24) is 20.1 Å². The summed E-state index contributed by atoms with van der Waals surface area (Å²) in [6.07, 6.45) is 4.03. The number of carbonyl (C=O) groups is 1. The third kappa shape index (κ3) is 2.36. The summed E-state index contributed by atoms with van der Waals surface area (Å²) in [5, 5.41) is 10.0. The summed E-state index contributed by atoms with van der Waals surface area (Å²) >= 11 is 0. The number of benzene rings is 1. The number of fused-ring (bicyclic) bond motifs is 3. The number of aromatic amines is 1. The molecule has 0 saturated carbocycles. The van der Waals surface area contributed by atoms with Crippen LogP contribution in [-0.2, 0) is 13.0 Å². The standard InChI is InChI=1S/C16H13F2N5O/c17-12-2-1-3-13(18)14(12)21-16(24)23-5-4-10-9(8-23)6-19-15-11(10)7-20-22-15/h1-3,6-7H,4-5,8H2,(H,21,24)(H,19,20,22). The van der Waals surface area contributed by atoms with Crippen LogP contribution < -0.4 is 5.32 Å². The molecule has 0 spiro atoms. The van der Waals surface area contributed by atoms with E-state index in [-0.39, 0.29) is 0 Å². The molecule has 0 bridgehead atoms. The molecule has 6 nitrogen and oxygen atoms in total. The summed E-state index contributed by atoms with van der Waals surface area (Å²) in [5.74, 6) is -1.61. The third-order valence-electron chi connectivity index (χ3n) is 4.16. The minimum atomic E-state index is -0.803. The Morgan fingerprint density at radius 2 is 2.04 bits per heavy atom. The average molecular weight is 329 g/mol. The second kappa shape index (κ2) is 5.55. The predicted octanol–water partition coefficient (Wildman–Crippen LogP) is 2.83. The van der Waals surface area contributed by atoms with Crippen LogP contribution in [0.1, 0.15) is 11.1 Å². The highest BCUT2D eigenvalue weighted by Gasteiger charge is 2.24.